The van der Waals surface area contributed by atoms with Crippen molar-refractivity contribution in [2.45, 2.75) is 59.2 Å². The highest BCUT2D eigenvalue weighted by Gasteiger charge is 2.45. The summed E-state index contributed by atoms with van der Waals surface area (Å²) < 4.78 is 5.18. The van der Waals surface area contributed by atoms with Crippen molar-refractivity contribution in [3.8, 4) is 0 Å². The van der Waals surface area contributed by atoms with Crippen molar-refractivity contribution < 1.29 is 14.3 Å². The van der Waals surface area contributed by atoms with E-state index in [1.165, 1.54) is 0 Å². The van der Waals surface area contributed by atoms with Gasteiger partial charge >= 0.3 is 0 Å². The average Bonchev–Trinajstić information content (AvgIpc) is 2.31. The quantitative estimate of drug-likeness (QED) is 0.834. The van der Waals surface area contributed by atoms with E-state index in [2.05, 4.69) is 5.32 Å². The number of amides is 2. The van der Waals surface area contributed by atoms with Gasteiger partial charge in [-0.1, -0.05) is 27.7 Å². The predicted molar refractivity (Wildman–Crippen MR) is 73.6 cm³/mol. The lowest BCUT2D eigenvalue weighted by molar-refractivity contribution is -0.155. The van der Waals surface area contributed by atoms with E-state index in [-0.39, 0.29) is 23.3 Å². The van der Waals surface area contributed by atoms with E-state index in [1.807, 2.05) is 27.7 Å². The first-order valence-corrected chi connectivity index (χ1v) is 6.85. The molecular formula is C14H26N2O3. The number of hydrogen-bond donors (Lipinski definition) is 1. The van der Waals surface area contributed by atoms with Crippen LogP contribution in [0.2, 0.25) is 0 Å². The van der Waals surface area contributed by atoms with Gasteiger partial charge in [-0.25, -0.2) is 0 Å². The Morgan fingerprint density at radius 1 is 1.37 bits per heavy atom. The third kappa shape index (κ3) is 3.26. The first-order chi connectivity index (χ1) is 8.73. The molecule has 0 aliphatic carbocycles. The second kappa shape index (κ2) is 5.90. The number of nitrogens with zero attached hydrogens (tertiary/aromatic N) is 1. The minimum atomic E-state index is -0.470. The fourth-order valence-corrected chi connectivity index (χ4v) is 2.46. The molecule has 1 aliphatic heterocycles. The van der Waals surface area contributed by atoms with Crippen molar-refractivity contribution in [3.63, 3.8) is 0 Å². The minimum Gasteiger partial charge on any atom is -0.383 e. The molecule has 19 heavy (non-hydrogen) atoms. The van der Waals surface area contributed by atoms with E-state index in [1.54, 1.807) is 18.9 Å². The van der Waals surface area contributed by atoms with Gasteiger partial charge in [-0.05, 0) is 18.8 Å². The maximum atomic E-state index is 12.7. The zero-order chi connectivity index (χ0) is 14.8. The highest BCUT2D eigenvalue weighted by Crippen LogP contribution is 2.26. The molecule has 1 fully saturated rings. The zero-order valence-corrected chi connectivity index (χ0v) is 12.8. The second-order valence-electron chi connectivity index (χ2n) is 6.25. The minimum absolute atomic E-state index is 0.0106. The van der Waals surface area contributed by atoms with Gasteiger partial charge < -0.3 is 15.0 Å². The number of methoxy groups -OCH3 is 1. The second-order valence-corrected chi connectivity index (χ2v) is 6.25. The summed E-state index contributed by atoms with van der Waals surface area (Å²) in [6.45, 7) is 10.1. The van der Waals surface area contributed by atoms with Gasteiger partial charge in [0, 0.05) is 7.11 Å². The lowest BCUT2D eigenvalue weighted by Crippen LogP contribution is -2.68. The van der Waals surface area contributed by atoms with Gasteiger partial charge in [0.25, 0.3) is 0 Å². The SMILES string of the molecule is CCC(COC)N1C(=O)C(C(C)(C)C)NC(=O)C1C. The maximum Gasteiger partial charge on any atom is 0.246 e. The molecule has 0 radical (unpaired) electrons. The van der Waals surface area contributed by atoms with E-state index >= 15 is 0 Å². The van der Waals surface area contributed by atoms with Gasteiger partial charge in [-0.2, -0.15) is 0 Å². The Balaban J connectivity index is 3.05. The van der Waals surface area contributed by atoms with Gasteiger partial charge in [-0.15, -0.1) is 0 Å². The van der Waals surface area contributed by atoms with Gasteiger partial charge in [-0.3, -0.25) is 9.59 Å². The van der Waals surface area contributed by atoms with Crippen molar-refractivity contribution >= 4 is 11.8 Å². The molecule has 0 spiro atoms. The lowest BCUT2D eigenvalue weighted by atomic mass is 9.83. The Morgan fingerprint density at radius 2 is 1.95 bits per heavy atom. The highest BCUT2D eigenvalue weighted by molar-refractivity contribution is 5.97. The maximum absolute atomic E-state index is 12.7. The van der Waals surface area contributed by atoms with Crippen LogP contribution < -0.4 is 5.32 Å². The standard InChI is InChI=1S/C14H26N2O3/c1-7-10(8-19-6)16-9(2)12(17)15-11(13(16)18)14(3,4)5/h9-11H,7-8H2,1-6H3,(H,15,17). The Labute approximate surface area is 115 Å². The third-order valence-electron chi connectivity index (χ3n) is 3.67. The average molecular weight is 270 g/mol. The fraction of sp³-hybridized carbons (Fsp3) is 0.857. The van der Waals surface area contributed by atoms with Gasteiger partial charge in [0.1, 0.15) is 12.1 Å². The van der Waals surface area contributed by atoms with E-state index in [4.69, 9.17) is 4.74 Å². The first-order valence-electron chi connectivity index (χ1n) is 6.85. The molecule has 0 aromatic carbocycles. The molecule has 3 unspecified atom stereocenters. The highest BCUT2D eigenvalue weighted by atomic mass is 16.5. The summed E-state index contributed by atoms with van der Waals surface area (Å²) in [5.41, 5.74) is -0.295. The van der Waals surface area contributed by atoms with E-state index in [9.17, 15) is 9.59 Å². The van der Waals surface area contributed by atoms with Crippen molar-refractivity contribution in [2.75, 3.05) is 13.7 Å². The number of piperazine rings is 1. The Bertz CT molecular complexity index is 349. The lowest BCUT2D eigenvalue weighted by Gasteiger charge is -2.45. The molecule has 1 aliphatic rings. The number of carbonyl (C=O) groups is 2. The van der Waals surface area contributed by atoms with E-state index in [0.717, 1.165) is 6.42 Å². The van der Waals surface area contributed by atoms with Crippen LogP contribution in [0.5, 0.6) is 0 Å². The third-order valence-corrected chi connectivity index (χ3v) is 3.67. The van der Waals surface area contributed by atoms with E-state index < -0.39 is 12.1 Å². The van der Waals surface area contributed by atoms with Crippen LogP contribution >= 0.6 is 0 Å². The number of nitrogens with one attached hydrogen (secondary N) is 1. The summed E-state index contributed by atoms with van der Waals surface area (Å²) in [4.78, 5) is 26.4. The summed E-state index contributed by atoms with van der Waals surface area (Å²) in [5.74, 6) is -0.0995. The number of ether oxygens (including phenoxy) is 1. The van der Waals surface area contributed by atoms with Gasteiger partial charge in [0.05, 0.1) is 12.6 Å². The van der Waals surface area contributed by atoms with Crippen LogP contribution in [0.1, 0.15) is 41.0 Å². The molecule has 0 aromatic rings. The topological polar surface area (TPSA) is 58.6 Å². The molecule has 1 N–H and O–H groups in total. The Hall–Kier alpha value is -1.10. The van der Waals surface area contributed by atoms with Gasteiger partial charge in [0.15, 0.2) is 0 Å². The summed E-state index contributed by atoms with van der Waals surface area (Å²) >= 11 is 0. The first kappa shape index (κ1) is 16.0. The molecule has 5 nitrogen and oxygen atoms in total. The van der Waals surface area contributed by atoms with Crippen LogP contribution in [-0.4, -0.2) is 48.6 Å². The molecule has 1 rings (SSSR count). The van der Waals surface area contributed by atoms with E-state index in [0.29, 0.717) is 6.61 Å². The molecule has 2 amide bonds. The zero-order valence-electron chi connectivity index (χ0n) is 12.8. The summed E-state index contributed by atoms with van der Waals surface area (Å²) in [7, 11) is 1.61. The van der Waals surface area contributed by atoms with Crippen LogP contribution in [0.4, 0.5) is 0 Å². The number of carbonyl (C=O) groups excluding carboxylic acids is 2. The summed E-state index contributed by atoms with van der Waals surface area (Å²) in [6, 6.07) is -0.961. The van der Waals surface area contributed by atoms with Gasteiger partial charge in [0.2, 0.25) is 11.8 Å². The molecule has 1 saturated heterocycles. The number of hydrogen-bond acceptors (Lipinski definition) is 3. The molecule has 110 valence electrons. The molecule has 1 heterocycles. The molecule has 0 bridgehead atoms. The molecule has 0 saturated carbocycles. The van der Waals surface area contributed by atoms with Crippen LogP contribution in [0, 0.1) is 5.41 Å². The van der Waals surface area contributed by atoms with Crippen molar-refractivity contribution in [2.24, 2.45) is 5.41 Å². The van der Waals surface area contributed by atoms with Crippen molar-refractivity contribution in [3.05, 3.63) is 0 Å². The largest absolute Gasteiger partial charge is 0.383 e. The number of rotatable bonds is 4. The van der Waals surface area contributed by atoms with Crippen LogP contribution in [0.15, 0.2) is 0 Å². The predicted octanol–water partition coefficient (Wildman–Crippen LogP) is 1.17. The van der Waals surface area contributed by atoms with Crippen molar-refractivity contribution in [1.29, 1.82) is 0 Å². The molecule has 5 heteroatoms. The van der Waals surface area contributed by atoms with Crippen LogP contribution in [-0.2, 0) is 14.3 Å². The molecule has 3 atom stereocenters. The molecule has 0 aromatic heterocycles. The van der Waals surface area contributed by atoms with Crippen LogP contribution in [0.25, 0.3) is 0 Å². The summed E-state index contributed by atoms with van der Waals surface area (Å²) in [6.07, 6.45) is 0.772. The fourth-order valence-electron chi connectivity index (χ4n) is 2.46. The normalized spacial score (nSPS) is 26.3. The monoisotopic (exact) mass is 270 g/mol. The smallest absolute Gasteiger partial charge is 0.246 e. The Kier molecular flexibility index (Phi) is 4.96. The molecular weight excluding hydrogens is 244 g/mol. The summed E-state index contributed by atoms with van der Waals surface area (Å²) in [5, 5.41) is 2.84. The van der Waals surface area contributed by atoms with Crippen LogP contribution in [0.3, 0.4) is 0 Å². The Morgan fingerprint density at radius 3 is 2.37 bits per heavy atom. The van der Waals surface area contributed by atoms with Crippen molar-refractivity contribution in [1.82, 2.24) is 10.2 Å².